The van der Waals surface area contributed by atoms with Crippen molar-refractivity contribution >= 4 is 17.5 Å². The Morgan fingerprint density at radius 3 is 2.81 bits per heavy atom. The largest absolute Gasteiger partial charge is 0.489 e. The molecule has 8 nitrogen and oxygen atoms in total. The van der Waals surface area contributed by atoms with Crippen molar-refractivity contribution in [3.05, 3.63) is 71.6 Å². The van der Waals surface area contributed by atoms with E-state index in [4.69, 9.17) is 4.74 Å². The number of ether oxygens (including phenoxy) is 1. The third kappa shape index (κ3) is 3.31. The highest BCUT2D eigenvalue weighted by Gasteiger charge is 2.34. The van der Waals surface area contributed by atoms with E-state index in [-0.39, 0.29) is 30.2 Å². The number of nitrogens with one attached hydrogen (secondary N) is 1. The van der Waals surface area contributed by atoms with Crippen molar-refractivity contribution in [2.45, 2.75) is 24.9 Å². The number of benzene rings is 2. The van der Waals surface area contributed by atoms with Crippen LogP contribution in [0.5, 0.6) is 5.75 Å². The number of rotatable bonds is 3. The first-order valence-corrected chi connectivity index (χ1v) is 10.0. The van der Waals surface area contributed by atoms with Crippen molar-refractivity contribution in [2.24, 2.45) is 0 Å². The molecular weight excluding hydrogens is 401 g/mol. The van der Waals surface area contributed by atoms with E-state index in [0.29, 0.717) is 35.7 Å². The van der Waals surface area contributed by atoms with Crippen LogP contribution in [-0.2, 0) is 11.2 Å². The van der Waals surface area contributed by atoms with E-state index >= 15 is 0 Å². The van der Waals surface area contributed by atoms with Crippen LogP contribution >= 0.6 is 0 Å². The molecule has 31 heavy (non-hydrogen) atoms. The minimum absolute atomic E-state index is 0.00263. The number of hydrogen-bond acceptors (Lipinski definition) is 5. The Morgan fingerprint density at radius 2 is 1.97 bits per heavy atom. The molecule has 158 valence electrons. The lowest BCUT2D eigenvalue weighted by molar-refractivity contribution is -0.120. The second-order valence-corrected chi connectivity index (χ2v) is 7.57. The number of para-hydroxylation sites is 2. The molecule has 2 amide bonds. The molecule has 0 spiro atoms. The summed E-state index contributed by atoms with van der Waals surface area (Å²) in [4.78, 5) is 31.4. The number of aromatic nitrogens is 3. The quantitative estimate of drug-likeness (QED) is 0.700. The molecule has 1 N–H and O–H groups in total. The zero-order valence-corrected chi connectivity index (χ0v) is 16.8. The van der Waals surface area contributed by atoms with Crippen LogP contribution < -0.4 is 15.0 Å². The fraction of sp³-hybridized carbons (Fsp3) is 0.273. The Labute approximate surface area is 177 Å². The van der Waals surface area contributed by atoms with Crippen LogP contribution in [0.4, 0.5) is 10.1 Å². The molecule has 0 radical (unpaired) electrons. The molecule has 9 heteroatoms. The lowest BCUT2D eigenvalue weighted by Crippen LogP contribution is -2.49. The summed E-state index contributed by atoms with van der Waals surface area (Å²) in [6.07, 6.45) is 1.25. The molecular formula is C22H20FN5O3. The molecule has 0 saturated carbocycles. The van der Waals surface area contributed by atoms with Crippen molar-refractivity contribution in [2.75, 3.05) is 18.6 Å². The number of carbonyl (C=O) groups excluding carboxylic acids is 2. The topological polar surface area (TPSA) is 89.4 Å². The van der Waals surface area contributed by atoms with Crippen molar-refractivity contribution in [1.29, 1.82) is 0 Å². The monoisotopic (exact) mass is 421 g/mol. The number of halogens is 1. The van der Waals surface area contributed by atoms with Gasteiger partial charge in [-0.05, 0) is 24.6 Å². The maximum atomic E-state index is 14.2. The molecule has 0 unspecified atom stereocenters. The zero-order valence-electron chi connectivity index (χ0n) is 16.8. The number of hydrogen-bond donors (Lipinski definition) is 1. The predicted octanol–water partition coefficient (Wildman–Crippen LogP) is 2.11. The molecule has 0 fully saturated rings. The number of likely N-dealkylation sites (N-methyl/N-ethyl adjacent to an activating group) is 1. The summed E-state index contributed by atoms with van der Waals surface area (Å²) in [5, 5.41) is 7.00. The zero-order chi connectivity index (χ0) is 21.5. The second kappa shape index (κ2) is 7.50. The standard InChI is InChI=1S/C22H20FN5O3/c1-27-17-8-4-5-9-18(17)31-12-15(22(27)30)24-21(29)20-25-19-11-10-16(28(19)26-20)13-6-2-3-7-14(13)23/h2-9,15-16H,10-12H2,1H3,(H,24,29)/t15-,16-/m0/s1. The summed E-state index contributed by atoms with van der Waals surface area (Å²) < 4.78 is 21.6. The average Bonchev–Trinajstić information content (AvgIpc) is 3.34. The van der Waals surface area contributed by atoms with Crippen LogP contribution in [0.1, 0.15) is 34.5 Å². The van der Waals surface area contributed by atoms with E-state index in [1.807, 2.05) is 12.1 Å². The summed E-state index contributed by atoms with van der Waals surface area (Å²) in [5.74, 6) is -0.0445. The predicted molar refractivity (Wildman–Crippen MR) is 109 cm³/mol. The lowest BCUT2D eigenvalue weighted by Gasteiger charge is -2.19. The highest BCUT2D eigenvalue weighted by molar-refractivity contribution is 6.02. The van der Waals surface area contributed by atoms with Gasteiger partial charge in [-0.25, -0.2) is 14.1 Å². The van der Waals surface area contributed by atoms with Crippen LogP contribution in [0.15, 0.2) is 48.5 Å². The van der Waals surface area contributed by atoms with Gasteiger partial charge in [-0.1, -0.05) is 30.3 Å². The van der Waals surface area contributed by atoms with Gasteiger partial charge in [-0.3, -0.25) is 9.59 Å². The van der Waals surface area contributed by atoms with Crippen LogP contribution in [0, 0.1) is 5.82 Å². The number of fused-ring (bicyclic) bond motifs is 2. The number of anilines is 1. The van der Waals surface area contributed by atoms with Gasteiger partial charge in [-0.15, -0.1) is 5.10 Å². The Morgan fingerprint density at radius 1 is 1.19 bits per heavy atom. The van der Waals surface area contributed by atoms with Gasteiger partial charge in [0.1, 0.15) is 30.0 Å². The van der Waals surface area contributed by atoms with Gasteiger partial charge in [0, 0.05) is 19.0 Å². The maximum Gasteiger partial charge on any atom is 0.291 e. The van der Waals surface area contributed by atoms with E-state index in [0.717, 1.165) is 0 Å². The van der Waals surface area contributed by atoms with Crippen LogP contribution in [0.25, 0.3) is 0 Å². The highest BCUT2D eigenvalue weighted by Crippen LogP contribution is 2.32. The van der Waals surface area contributed by atoms with Crippen molar-refractivity contribution in [3.63, 3.8) is 0 Å². The van der Waals surface area contributed by atoms with Crippen LogP contribution in [0.3, 0.4) is 0 Å². The molecule has 1 aromatic heterocycles. The molecule has 0 saturated heterocycles. The summed E-state index contributed by atoms with van der Waals surface area (Å²) in [7, 11) is 1.64. The lowest BCUT2D eigenvalue weighted by atomic mass is 10.0. The highest BCUT2D eigenvalue weighted by atomic mass is 19.1. The summed E-state index contributed by atoms with van der Waals surface area (Å²) in [5.41, 5.74) is 1.15. The normalized spacial score (nSPS) is 19.9. The molecule has 0 bridgehead atoms. The smallest absolute Gasteiger partial charge is 0.291 e. The molecule has 2 aromatic carbocycles. The fourth-order valence-electron chi connectivity index (χ4n) is 4.07. The molecule has 2 aliphatic rings. The van der Waals surface area contributed by atoms with Gasteiger partial charge < -0.3 is 15.0 Å². The number of carbonyl (C=O) groups is 2. The summed E-state index contributed by atoms with van der Waals surface area (Å²) >= 11 is 0. The van der Waals surface area contributed by atoms with Crippen LogP contribution in [0.2, 0.25) is 0 Å². The third-order valence-corrected chi connectivity index (χ3v) is 5.67. The fourth-order valence-corrected chi connectivity index (χ4v) is 4.07. The molecule has 2 atom stereocenters. The van der Waals surface area contributed by atoms with Gasteiger partial charge in [0.2, 0.25) is 5.82 Å². The second-order valence-electron chi connectivity index (χ2n) is 7.57. The molecule has 5 rings (SSSR count). The SMILES string of the molecule is CN1C(=O)[C@@H](NC(=O)c2nc3n(n2)[C@H](c2ccccc2F)CC3)COc2ccccc21. The van der Waals surface area contributed by atoms with Gasteiger partial charge in [-0.2, -0.15) is 0 Å². The van der Waals surface area contributed by atoms with Gasteiger partial charge >= 0.3 is 0 Å². The first kappa shape index (κ1) is 19.2. The van der Waals surface area contributed by atoms with Gasteiger partial charge in [0.25, 0.3) is 11.8 Å². The first-order valence-electron chi connectivity index (χ1n) is 10.0. The van der Waals surface area contributed by atoms with Crippen molar-refractivity contribution < 1.29 is 18.7 Å². The average molecular weight is 421 g/mol. The summed E-state index contributed by atoms with van der Waals surface area (Å²) in [6, 6.07) is 12.5. The van der Waals surface area contributed by atoms with E-state index in [1.165, 1.54) is 11.0 Å². The van der Waals surface area contributed by atoms with Crippen molar-refractivity contribution in [1.82, 2.24) is 20.1 Å². The van der Waals surface area contributed by atoms with Gasteiger partial charge in [0.05, 0.1) is 11.7 Å². The minimum atomic E-state index is -0.884. The molecule has 3 heterocycles. The first-order chi connectivity index (χ1) is 15.0. The van der Waals surface area contributed by atoms with Gasteiger partial charge in [0.15, 0.2) is 0 Å². The molecule has 3 aromatic rings. The third-order valence-electron chi connectivity index (χ3n) is 5.67. The van der Waals surface area contributed by atoms with Crippen LogP contribution in [-0.4, -0.2) is 46.3 Å². The number of amides is 2. The van der Waals surface area contributed by atoms with Crippen molar-refractivity contribution in [3.8, 4) is 5.75 Å². The van der Waals surface area contributed by atoms with E-state index < -0.39 is 11.9 Å². The Bertz CT molecular complexity index is 1180. The number of nitrogens with zero attached hydrogens (tertiary/aromatic N) is 4. The molecule has 2 aliphatic heterocycles. The molecule has 0 aliphatic carbocycles. The summed E-state index contributed by atoms with van der Waals surface area (Å²) in [6.45, 7) is -0.00263. The number of aryl methyl sites for hydroxylation is 1. The Balaban J connectivity index is 1.35. The Hall–Kier alpha value is -3.75. The van der Waals surface area contributed by atoms with E-state index in [1.54, 1.807) is 42.1 Å². The maximum absolute atomic E-state index is 14.2. The Kier molecular flexibility index (Phi) is 4.65. The van der Waals surface area contributed by atoms with E-state index in [2.05, 4.69) is 15.4 Å². The minimum Gasteiger partial charge on any atom is -0.489 e. The van der Waals surface area contributed by atoms with E-state index in [9.17, 15) is 14.0 Å².